The van der Waals surface area contributed by atoms with Crippen LogP contribution in [-0.2, 0) is 16.0 Å². The number of fused-ring (bicyclic) bond motifs is 1. The zero-order valence-electron chi connectivity index (χ0n) is 19.6. The number of ether oxygens (including phenoxy) is 1. The minimum absolute atomic E-state index is 0.0129. The second-order valence-corrected chi connectivity index (χ2v) is 7.90. The number of phenols is 1. The number of carbonyl (C=O) groups is 1. The molecule has 3 N–H and O–H groups in total. The molecule has 1 aliphatic rings. The molecule has 2 unspecified atom stereocenters. The maximum absolute atomic E-state index is 12.2. The number of anilines is 1. The molecule has 0 radical (unpaired) electrons. The lowest BCUT2D eigenvalue weighted by molar-refractivity contribution is -0.122. The Kier molecular flexibility index (Phi) is 9.00. The van der Waals surface area contributed by atoms with Crippen molar-refractivity contribution in [2.75, 3.05) is 19.0 Å². The number of aromatic nitrogens is 4. The molecular formula is C24H34N6O3. The average molecular weight is 455 g/mol. The van der Waals surface area contributed by atoms with Crippen LogP contribution in [0.5, 0.6) is 5.75 Å². The van der Waals surface area contributed by atoms with Gasteiger partial charge in [-0.3, -0.25) is 4.79 Å². The third-order valence-corrected chi connectivity index (χ3v) is 5.60. The third kappa shape index (κ3) is 6.64. The summed E-state index contributed by atoms with van der Waals surface area (Å²) in [5.41, 5.74) is 1.69. The van der Waals surface area contributed by atoms with Crippen LogP contribution >= 0.6 is 0 Å². The quantitative estimate of drug-likeness (QED) is 0.478. The molecule has 1 aromatic carbocycles. The standard InChI is InChI=1S/C22H28N6O3.C2H6/c1-31-13-12-22(30)24-18-5-3-2-4-17(18)23-19-10-11-20-25-26-21(28(20)27-19)14-15-6-8-16(29)9-7-15;1-2/h6-11,17-18,29H,2-5,12-14H2,1H3,(H,23,27)(H,24,30);1-2H3. The van der Waals surface area contributed by atoms with Crippen LogP contribution in [-0.4, -0.2) is 56.6 Å². The van der Waals surface area contributed by atoms with Crippen molar-refractivity contribution in [2.24, 2.45) is 0 Å². The van der Waals surface area contributed by atoms with Crippen LogP contribution in [0.3, 0.4) is 0 Å². The Morgan fingerprint density at radius 3 is 2.55 bits per heavy atom. The zero-order valence-corrected chi connectivity index (χ0v) is 19.6. The van der Waals surface area contributed by atoms with Crippen molar-refractivity contribution in [2.45, 2.75) is 64.5 Å². The number of benzene rings is 1. The summed E-state index contributed by atoms with van der Waals surface area (Å²) in [6, 6.07) is 11.0. The second-order valence-electron chi connectivity index (χ2n) is 7.90. The van der Waals surface area contributed by atoms with E-state index in [0.717, 1.165) is 42.9 Å². The van der Waals surface area contributed by atoms with Gasteiger partial charge in [-0.2, -0.15) is 4.52 Å². The highest BCUT2D eigenvalue weighted by atomic mass is 16.5. The van der Waals surface area contributed by atoms with Crippen LogP contribution in [0.15, 0.2) is 36.4 Å². The Hall–Kier alpha value is -3.20. The van der Waals surface area contributed by atoms with E-state index in [1.165, 1.54) is 0 Å². The smallest absolute Gasteiger partial charge is 0.222 e. The van der Waals surface area contributed by atoms with Crippen molar-refractivity contribution in [3.63, 3.8) is 0 Å². The van der Waals surface area contributed by atoms with Crippen molar-refractivity contribution in [3.8, 4) is 5.75 Å². The maximum Gasteiger partial charge on any atom is 0.222 e. The monoisotopic (exact) mass is 454 g/mol. The van der Waals surface area contributed by atoms with Crippen LogP contribution in [0, 0.1) is 0 Å². The van der Waals surface area contributed by atoms with Gasteiger partial charge in [0.05, 0.1) is 6.61 Å². The van der Waals surface area contributed by atoms with Crippen LogP contribution in [0.1, 0.15) is 57.3 Å². The number of phenolic OH excluding ortho intramolecular Hbond substituents is 1. The summed E-state index contributed by atoms with van der Waals surface area (Å²) in [5.74, 6) is 1.69. The van der Waals surface area contributed by atoms with Gasteiger partial charge in [0, 0.05) is 32.0 Å². The summed E-state index contributed by atoms with van der Waals surface area (Å²) >= 11 is 0. The fourth-order valence-electron chi connectivity index (χ4n) is 3.96. The van der Waals surface area contributed by atoms with Crippen LogP contribution in [0.4, 0.5) is 5.82 Å². The van der Waals surface area contributed by atoms with Gasteiger partial charge in [0.25, 0.3) is 0 Å². The number of rotatable bonds is 8. The van der Waals surface area contributed by atoms with E-state index in [2.05, 4.69) is 20.8 Å². The molecule has 9 nitrogen and oxygen atoms in total. The van der Waals surface area contributed by atoms with Crippen molar-refractivity contribution in [1.82, 2.24) is 25.1 Å². The topological polar surface area (TPSA) is 114 Å². The van der Waals surface area contributed by atoms with Crippen molar-refractivity contribution in [1.29, 1.82) is 0 Å². The molecule has 9 heteroatoms. The first-order valence-corrected chi connectivity index (χ1v) is 11.7. The predicted molar refractivity (Wildman–Crippen MR) is 127 cm³/mol. The fourth-order valence-corrected chi connectivity index (χ4v) is 3.96. The van der Waals surface area contributed by atoms with Gasteiger partial charge in [0.2, 0.25) is 5.91 Å². The molecule has 2 aromatic heterocycles. The van der Waals surface area contributed by atoms with E-state index in [9.17, 15) is 9.90 Å². The Morgan fingerprint density at radius 2 is 1.82 bits per heavy atom. The van der Waals surface area contributed by atoms with Gasteiger partial charge in [-0.25, -0.2) is 0 Å². The van der Waals surface area contributed by atoms with Crippen LogP contribution in [0.25, 0.3) is 5.65 Å². The molecule has 3 aromatic rings. The fraction of sp³-hybridized carbons (Fsp3) is 0.500. The van der Waals surface area contributed by atoms with Crippen molar-refractivity contribution < 1.29 is 14.6 Å². The lowest BCUT2D eigenvalue weighted by Gasteiger charge is -2.33. The van der Waals surface area contributed by atoms with E-state index >= 15 is 0 Å². The highest BCUT2D eigenvalue weighted by molar-refractivity contribution is 5.76. The summed E-state index contributed by atoms with van der Waals surface area (Å²) < 4.78 is 6.74. The van der Waals surface area contributed by atoms with E-state index in [1.54, 1.807) is 23.8 Å². The number of hydrogen-bond donors (Lipinski definition) is 3. The van der Waals surface area contributed by atoms with E-state index in [0.29, 0.717) is 25.1 Å². The van der Waals surface area contributed by atoms with Crippen LogP contribution < -0.4 is 10.6 Å². The highest BCUT2D eigenvalue weighted by Gasteiger charge is 2.27. The third-order valence-electron chi connectivity index (χ3n) is 5.60. The first-order valence-electron chi connectivity index (χ1n) is 11.7. The molecule has 33 heavy (non-hydrogen) atoms. The summed E-state index contributed by atoms with van der Waals surface area (Å²) in [5, 5.41) is 29.3. The number of aromatic hydroxyl groups is 1. The van der Waals surface area contributed by atoms with Gasteiger partial charge in [-0.1, -0.05) is 38.8 Å². The van der Waals surface area contributed by atoms with Crippen molar-refractivity contribution >= 4 is 17.4 Å². The largest absolute Gasteiger partial charge is 0.508 e. The summed E-state index contributed by atoms with van der Waals surface area (Å²) in [6.07, 6.45) is 5.05. The number of hydrogen-bond acceptors (Lipinski definition) is 7. The molecule has 2 atom stereocenters. The van der Waals surface area contributed by atoms with Gasteiger partial charge < -0.3 is 20.5 Å². The SMILES string of the molecule is CC.COCCC(=O)NC1CCCCC1Nc1ccc2nnc(Cc3ccc(O)cc3)n2n1. The van der Waals surface area contributed by atoms with Gasteiger partial charge >= 0.3 is 0 Å². The van der Waals surface area contributed by atoms with Gasteiger partial charge in [0.15, 0.2) is 11.5 Å². The predicted octanol–water partition coefficient (Wildman–Crippen LogP) is 3.32. The molecule has 0 aliphatic heterocycles. The molecule has 0 bridgehead atoms. The van der Waals surface area contributed by atoms with Crippen LogP contribution in [0.2, 0.25) is 0 Å². The minimum atomic E-state index is 0.0129. The number of nitrogens with zero attached hydrogens (tertiary/aromatic N) is 4. The molecule has 0 spiro atoms. The van der Waals surface area contributed by atoms with E-state index in [-0.39, 0.29) is 23.7 Å². The molecule has 2 heterocycles. The number of carbonyl (C=O) groups excluding carboxylic acids is 1. The molecule has 1 saturated carbocycles. The molecule has 4 rings (SSSR count). The Bertz CT molecular complexity index is 1020. The van der Waals surface area contributed by atoms with Gasteiger partial charge in [0.1, 0.15) is 11.6 Å². The summed E-state index contributed by atoms with van der Waals surface area (Å²) in [6.45, 7) is 4.42. The molecule has 178 valence electrons. The molecule has 1 aliphatic carbocycles. The van der Waals surface area contributed by atoms with Gasteiger partial charge in [-0.15, -0.1) is 15.3 Å². The minimum Gasteiger partial charge on any atom is -0.508 e. The first kappa shape index (κ1) is 24.4. The first-order chi connectivity index (χ1) is 16.1. The van der Waals surface area contributed by atoms with E-state index in [4.69, 9.17) is 9.84 Å². The Labute approximate surface area is 194 Å². The highest BCUT2D eigenvalue weighted by Crippen LogP contribution is 2.22. The molecule has 0 saturated heterocycles. The average Bonchev–Trinajstić information content (AvgIpc) is 3.23. The lowest BCUT2D eigenvalue weighted by Crippen LogP contribution is -2.48. The molecule has 1 amide bonds. The lowest BCUT2D eigenvalue weighted by atomic mass is 9.90. The second kappa shape index (κ2) is 12.2. The summed E-state index contributed by atoms with van der Waals surface area (Å²) in [4.78, 5) is 12.2. The summed E-state index contributed by atoms with van der Waals surface area (Å²) in [7, 11) is 1.60. The van der Waals surface area contributed by atoms with E-state index in [1.807, 2.05) is 38.1 Å². The number of nitrogens with one attached hydrogen (secondary N) is 2. The van der Waals surface area contributed by atoms with Crippen molar-refractivity contribution in [3.05, 3.63) is 47.8 Å². The molecule has 1 fully saturated rings. The Balaban J connectivity index is 0.00000149. The zero-order chi connectivity index (χ0) is 23.6. The normalized spacial score (nSPS) is 17.8. The molecular weight excluding hydrogens is 420 g/mol. The Morgan fingerprint density at radius 1 is 1.09 bits per heavy atom. The number of amides is 1. The number of methoxy groups -OCH3 is 1. The van der Waals surface area contributed by atoms with Gasteiger partial charge in [-0.05, 0) is 42.7 Å². The maximum atomic E-state index is 12.2. The van der Waals surface area contributed by atoms with E-state index < -0.39 is 0 Å².